The molecule has 0 radical (unpaired) electrons. The van der Waals surface area contributed by atoms with E-state index in [9.17, 15) is 23.9 Å². The lowest BCUT2D eigenvalue weighted by Crippen LogP contribution is -2.49. The number of nitrogens with one attached hydrogen (secondary N) is 1. The summed E-state index contributed by atoms with van der Waals surface area (Å²) in [7, 11) is 0. The van der Waals surface area contributed by atoms with Crippen LogP contribution in [0.25, 0.3) is 0 Å². The molecule has 2 aromatic rings. The van der Waals surface area contributed by atoms with E-state index in [0.29, 0.717) is 26.2 Å². The SMILES string of the molecule is CCOC(=O)N1CCN(c2ncc(NC(=O)c3ccccc3F)cc2C(=O)O)CC1. The maximum Gasteiger partial charge on any atom is 0.409 e. The van der Waals surface area contributed by atoms with Crippen LogP contribution in [-0.2, 0) is 4.74 Å². The van der Waals surface area contributed by atoms with Crippen molar-refractivity contribution in [2.75, 3.05) is 43.0 Å². The molecule has 3 rings (SSSR count). The van der Waals surface area contributed by atoms with E-state index in [0.717, 1.165) is 6.07 Å². The fourth-order valence-corrected chi connectivity index (χ4v) is 3.09. The van der Waals surface area contributed by atoms with Gasteiger partial charge in [-0.15, -0.1) is 0 Å². The molecule has 30 heavy (non-hydrogen) atoms. The molecule has 1 aromatic carbocycles. The third kappa shape index (κ3) is 4.65. The molecular weight excluding hydrogens is 395 g/mol. The lowest BCUT2D eigenvalue weighted by Gasteiger charge is -2.35. The van der Waals surface area contributed by atoms with Crippen molar-refractivity contribution in [1.82, 2.24) is 9.88 Å². The topological polar surface area (TPSA) is 112 Å². The number of halogens is 1. The number of hydrogen-bond acceptors (Lipinski definition) is 6. The Bertz CT molecular complexity index is 960. The molecule has 2 N–H and O–H groups in total. The van der Waals surface area contributed by atoms with Gasteiger partial charge in [0.1, 0.15) is 17.2 Å². The molecule has 1 aliphatic rings. The van der Waals surface area contributed by atoms with Crippen molar-refractivity contribution in [1.29, 1.82) is 0 Å². The molecule has 0 spiro atoms. The number of carboxylic acid groups (broad SMARTS) is 1. The van der Waals surface area contributed by atoms with Crippen molar-refractivity contribution in [3.63, 3.8) is 0 Å². The summed E-state index contributed by atoms with van der Waals surface area (Å²) in [6, 6.07) is 6.76. The summed E-state index contributed by atoms with van der Waals surface area (Å²) in [5, 5.41) is 12.1. The van der Waals surface area contributed by atoms with E-state index in [1.165, 1.54) is 30.5 Å². The highest BCUT2D eigenvalue weighted by molar-refractivity contribution is 6.05. The van der Waals surface area contributed by atoms with E-state index in [-0.39, 0.29) is 29.2 Å². The Labute approximate surface area is 172 Å². The lowest BCUT2D eigenvalue weighted by atomic mass is 10.1. The Morgan fingerprint density at radius 3 is 2.50 bits per heavy atom. The number of carbonyl (C=O) groups is 3. The smallest absolute Gasteiger partial charge is 0.409 e. The third-order valence-corrected chi connectivity index (χ3v) is 4.58. The number of carbonyl (C=O) groups excluding carboxylic acids is 2. The number of anilines is 2. The second kappa shape index (κ2) is 9.21. The summed E-state index contributed by atoms with van der Waals surface area (Å²) in [5.74, 6) is -2.37. The van der Waals surface area contributed by atoms with E-state index in [1.54, 1.807) is 16.7 Å². The van der Waals surface area contributed by atoms with Crippen molar-refractivity contribution in [2.45, 2.75) is 6.92 Å². The third-order valence-electron chi connectivity index (χ3n) is 4.58. The zero-order valence-electron chi connectivity index (χ0n) is 16.3. The van der Waals surface area contributed by atoms with Crippen molar-refractivity contribution in [2.24, 2.45) is 0 Å². The quantitative estimate of drug-likeness (QED) is 0.770. The summed E-state index contributed by atoms with van der Waals surface area (Å²) in [6.07, 6.45) is 0.910. The molecule has 0 saturated carbocycles. The van der Waals surface area contributed by atoms with E-state index < -0.39 is 23.8 Å². The van der Waals surface area contributed by atoms with Crippen LogP contribution in [0.15, 0.2) is 36.5 Å². The fourth-order valence-electron chi connectivity index (χ4n) is 3.09. The Kier molecular flexibility index (Phi) is 6.45. The first-order chi connectivity index (χ1) is 14.4. The van der Waals surface area contributed by atoms with E-state index in [1.807, 2.05) is 0 Å². The van der Waals surface area contributed by atoms with Crippen molar-refractivity contribution in [3.05, 3.63) is 53.5 Å². The number of aromatic carboxylic acids is 1. The number of piperazine rings is 1. The number of pyridine rings is 1. The number of rotatable bonds is 5. The minimum absolute atomic E-state index is 0.106. The van der Waals surface area contributed by atoms with Crippen LogP contribution >= 0.6 is 0 Å². The standard InChI is InChI=1S/C20H21FN4O5/c1-2-30-20(29)25-9-7-24(8-10-25)17-15(19(27)28)11-13(12-22-17)23-18(26)14-5-3-4-6-16(14)21/h3-6,11-12H,2,7-10H2,1H3,(H,23,26)(H,27,28). The second-order valence-electron chi connectivity index (χ2n) is 6.51. The number of amides is 2. The highest BCUT2D eigenvalue weighted by Crippen LogP contribution is 2.23. The van der Waals surface area contributed by atoms with Gasteiger partial charge in [-0.2, -0.15) is 0 Å². The zero-order valence-corrected chi connectivity index (χ0v) is 16.3. The second-order valence-corrected chi connectivity index (χ2v) is 6.51. The van der Waals surface area contributed by atoms with Crippen LogP contribution in [0.2, 0.25) is 0 Å². The average molecular weight is 416 g/mol. The molecule has 1 aromatic heterocycles. The molecule has 2 amide bonds. The largest absolute Gasteiger partial charge is 0.478 e. The molecule has 9 nitrogen and oxygen atoms in total. The predicted molar refractivity (Wildman–Crippen MR) is 106 cm³/mol. The van der Waals surface area contributed by atoms with Gasteiger partial charge in [0.25, 0.3) is 5.91 Å². The van der Waals surface area contributed by atoms with Gasteiger partial charge in [-0.05, 0) is 25.1 Å². The van der Waals surface area contributed by atoms with Gasteiger partial charge >= 0.3 is 12.1 Å². The van der Waals surface area contributed by atoms with Crippen LogP contribution in [0.4, 0.5) is 20.7 Å². The lowest BCUT2D eigenvalue weighted by molar-refractivity contribution is 0.0695. The summed E-state index contributed by atoms with van der Waals surface area (Å²) in [6.45, 7) is 3.50. The summed E-state index contributed by atoms with van der Waals surface area (Å²) >= 11 is 0. The molecule has 0 unspecified atom stereocenters. The van der Waals surface area contributed by atoms with Crippen LogP contribution in [-0.4, -0.2) is 65.7 Å². The number of nitrogens with zero attached hydrogens (tertiary/aromatic N) is 3. The number of aromatic nitrogens is 1. The average Bonchev–Trinajstić information content (AvgIpc) is 2.74. The van der Waals surface area contributed by atoms with E-state index in [4.69, 9.17) is 4.74 Å². The molecule has 0 bridgehead atoms. The highest BCUT2D eigenvalue weighted by atomic mass is 19.1. The number of benzene rings is 1. The van der Waals surface area contributed by atoms with Gasteiger partial charge in [0.15, 0.2) is 0 Å². The Hall–Kier alpha value is -3.69. The number of ether oxygens (including phenoxy) is 1. The fraction of sp³-hybridized carbons (Fsp3) is 0.300. The van der Waals surface area contributed by atoms with Crippen LogP contribution in [0.5, 0.6) is 0 Å². The van der Waals surface area contributed by atoms with Gasteiger partial charge in [0.2, 0.25) is 0 Å². The van der Waals surface area contributed by atoms with Crippen molar-refractivity contribution < 1.29 is 28.6 Å². The van der Waals surface area contributed by atoms with Gasteiger partial charge in [-0.25, -0.2) is 19.0 Å². The van der Waals surface area contributed by atoms with Gasteiger partial charge < -0.3 is 25.0 Å². The Morgan fingerprint density at radius 1 is 1.17 bits per heavy atom. The predicted octanol–water partition coefficient (Wildman–Crippen LogP) is 2.45. The molecule has 0 aliphatic carbocycles. The summed E-state index contributed by atoms with van der Waals surface area (Å²) < 4.78 is 18.8. The van der Waals surface area contributed by atoms with E-state index >= 15 is 0 Å². The van der Waals surface area contributed by atoms with Gasteiger partial charge in [0, 0.05) is 26.2 Å². The van der Waals surface area contributed by atoms with Crippen molar-refractivity contribution in [3.8, 4) is 0 Å². The molecule has 1 saturated heterocycles. The zero-order chi connectivity index (χ0) is 21.7. The Morgan fingerprint density at radius 2 is 1.87 bits per heavy atom. The first-order valence-corrected chi connectivity index (χ1v) is 9.36. The summed E-state index contributed by atoms with van der Waals surface area (Å²) in [4.78, 5) is 43.3. The maximum atomic E-state index is 13.8. The molecular formula is C20H21FN4O5. The van der Waals surface area contributed by atoms with Gasteiger partial charge in [-0.3, -0.25) is 4.79 Å². The van der Waals surface area contributed by atoms with Crippen LogP contribution in [0.3, 0.4) is 0 Å². The number of hydrogen-bond donors (Lipinski definition) is 2. The van der Waals surface area contributed by atoms with Gasteiger partial charge in [-0.1, -0.05) is 12.1 Å². The molecule has 1 fully saturated rings. The Balaban J connectivity index is 1.75. The first-order valence-electron chi connectivity index (χ1n) is 9.36. The molecule has 10 heteroatoms. The highest BCUT2D eigenvalue weighted by Gasteiger charge is 2.26. The monoisotopic (exact) mass is 416 g/mol. The summed E-state index contributed by atoms with van der Waals surface area (Å²) in [5.41, 5.74) is -0.131. The van der Waals surface area contributed by atoms with Gasteiger partial charge in [0.05, 0.1) is 24.1 Å². The van der Waals surface area contributed by atoms with Crippen molar-refractivity contribution >= 4 is 29.5 Å². The van der Waals surface area contributed by atoms with Crippen LogP contribution in [0.1, 0.15) is 27.6 Å². The minimum Gasteiger partial charge on any atom is -0.478 e. The van der Waals surface area contributed by atoms with E-state index in [2.05, 4.69) is 10.3 Å². The minimum atomic E-state index is -1.22. The molecule has 2 heterocycles. The molecule has 1 aliphatic heterocycles. The molecule has 0 atom stereocenters. The van der Waals surface area contributed by atoms with Crippen LogP contribution < -0.4 is 10.2 Å². The first kappa shape index (κ1) is 21.0. The van der Waals surface area contributed by atoms with Crippen LogP contribution in [0, 0.1) is 5.82 Å². The maximum absolute atomic E-state index is 13.8. The molecule has 158 valence electrons. The number of carboxylic acids is 1. The normalized spacial score (nSPS) is 13.7.